The molecule has 3 nitrogen and oxygen atoms in total. The zero-order valence-electron chi connectivity index (χ0n) is 8.93. The smallest absolute Gasteiger partial charge is 0.395 e. The van der Waals surface area contributed by atoms with Crippen LogP contribution in [0.3, 0.4) is 0 Å². The number of hydrogen-bond acceptors (Lipinski definition) is 3. The topological polar surface area (TPSA) is 35.5 Å². The first kappa shape index (κ1) is 12.7. The first-order valence-corrected chi connectivity index (χ1v) is 4.90. The third-order valence-electron chi connectivity index (χ3n) is 2.52. The third kappa shape index (κ3) is 3.96. The van der Waals surface area contributed by atoms with Gasteiger partial charge in [0.25, 0.3) is 0 Å². The van der Waals surface area contributed by atoms with E-state index >= 15 is 0 Å². The fourth-order valence-electron chi connectivity index (χ4n) is 1.81. The first-order valence-electron chi connectivity index (χ1n) is 4.90. The highest BCUT2D eigenvalue weighted by molar-refractivity contribution is 4.92. The van der Waals surface area contributed by atoms with Gasteiger partial charge in [-0.1, -0.05) is 0 Å². The van der Waals surface area contributed by atoms with Crippen molar-refractivity contribution in [3.05, 3.63) is 0 Å². The summed E-state index contributed by atoms with van der Waals surface area (Å²) in [5, 5.41) is 12.1. The van der Waals surface area contributed by atoms with E-state index in [9.17, 15) is 13.2 Å². The average Bonchev–Trinajstić information content (AvgIpc) is 1.99. The molecule has 1 unspecified atom stereocenters. The molecule has 2 N–H and O–H groups in total. The Kier molecular flexibility index (Phi) is 3.63. The average molecular weight is 226 g/mol. The molecule has 0 radical (unpaired) electrons. The molecular formula is C9H17F3N2O. The van der Waals surface area contributed by atoms with Crippen molar-refractivity contribution in [2.24, 2.45) is 0 Å². The molecule has 6 heteroatoms. The minimum absolute atomic E-state index is 0.251. The lowest BCUT2D eigenvalue weighted by Crippen LogP contribution is -2.63. The van der Waals surface area contributed by atoms with Crippen LogP contribution in [-0.4, -0.2) is 54.0 Å². The Balaban J connectivity index is 2.64. The molecule has 1 rings (SSSR count). The van der Waals surface area contributed by atoms with Crippen molar-refractivity contribution >= 4 is 0 Å². The van der Waals surface area contributed by atoms with Crippen LogP contribution in [-0.2, 0) is 0 Å². The molecule has 0 saturated carbocycles. The van der Waals surface area contributed by atoms with Gasteiger partial charge in [0, 0.05) is 24.7 Å². The molecule has 1 aliphatic rings. The van der Waals surface area contributed by atoms with Crippen molar-refractivity contribution < 1.29 is 18.3 Å². The number of nitrogens with one attached hydrogen (secondary N) is 1. The molecule has 90 valence electrons. The molecule has 0 aromatic heterocycles. The molecule has 1 saturated heterocycles. The van der Waals surface area contributed by atoms with Crippen molar-refractivity contribution in [1.82, 2.24) is 10.2 Å². The Morgan fingerprint density at radius 2 is 2.07 bits per heavy atom. The Morgan fingerprint density at radius 3 is 2.53 bits per heavy atom. The molecule has 0 bridgehead atoms. The van der Waals surface area contributed by atoms with E-state index in [0.717, 1.165) is 0 Å². The number of aliphatic hydroxyl groups excluding tert-OH is 1. The van der Waals surface area contributed by atoms with E-state index < -0.39 is 18.8 Å². The number of hydrogen-bond donors (Lipinski definition) is 2. The van der Waals surface area contributed by atoms with Crippen LogP contribution in [0.15, 0.2) is 0 Å². The number of nitrogens with zero attached hydrogens (tertiary/aromatic N) is 1. The van der Waals surface area contributed by atoms with E-state index in [-0.39, 0.29) is 18.7 Å². The van der Waals surface area contributed by atoms with Crippen molar-refractivity contribution in [3.8, 4) is 0 Å². The van der Waals surface area contributed by atoms with Gasteiger partial charge in [-0.3, -0.25) is 4.90 Å². The Labute approximate surface area is 87.3 Å². The first-order chi connectivity index (χ1) is 6.73. The van der Waals surface area contributed by atoms with Gasteiger partial charge in [0.1, 0.15) is 0 Å². The number of piperazine rings is 1. The maximum absolute atomic E-state index is 12.3. The quantitative estimate of drug-likeness (QED) is 0.723. The second-order valence-electron chi connectivity index (χ2n) is 4.62. The lowest BCUT2D eigenvalue weighted by Gasteiger charge is -2.44. The highest BCUT2D eigenvalue weighted by atomic mass is 19.4. The van der Waals surface area contributed by atoms with Crippen molar-refractivity contribution in [1.29, 1.82) is 0 Å². The van der Waals surface area contributed by atoms with Gasteiger partial charge >= 0.3 is 6.18 Å². The zero-order chi connectivity index (χ0) is 11.7. The Bertz CT molecular complexity index is 216. The summed E-state index contributed by atoms with van der Waals surface area (Å²) in [6.07, 6.45) is -4.21. The SMILES string of the molecule is CC1(C)CN(CC(F)(F)F)C(CO)CN1. The second kappa shape index (κ2) is 4.27. The molecule has 0 spiro atoms. The van der Waals surface area contributed by atoms with E-state index in [1.54, 1.807) is 0 Å². The molecule has 1 fully saturated rings. The standard InChI is InChI=1S/C9H17F3N2O/c1-8(2)5-14(6-9(10,11)12)7(4-15)3-13-8/h7,13,15H,3-6H2,1-2H3. The van der Waals surface area contributed by atoms with Gasteiger partial charge in [-0.25, -0.2) is 0 Å². The van der Waals surface area contributed by atoms with E-state index in [4.69, 9.17) is 5.11 Å². The second-order valence-corrected chi connectivity index (χ2v) is 4.62. The van der Waals surface area contributed by atoms with E-state index in [1.165, 1.54) is 4.90 Å². The molecule has 0 amide bonds. The van der Waals surface area contributed by atoms with E-state index in [1.807, 2.05) is 13.8 Å². The maximum Gasteiger partial charge on any atom is 0.401 e. The van der Waals surface area contributed by atoms with E-state index in [0.29, 0.717) is 6.54 Å². The summed E-state index contributed by atoms with van der Waals surface area (Å²) in [6.45, 7) is 3.17. The van der Waals surface area contributed by atoms with Gasteiger partial charge < -0.3 is 10.4 Å². The summed E-state index contributed by atoms with van der Waals surface area (Å²) < 4.78 is 36.8. The maximum atomic E-state index is 12.3. The fraction of sp³-hybridized carbons (Fsp3) is 1.00. The Hall–Kier alpha value is -0.330. The summed E-state index contributed by atoms with van der Waals surface area (Å²) >= 11 is 0. The monoisotopic (exact) mass is 226 g/mol. The zero-order valence-corrected chi connectivity index (χ0v) is 8.93. The molecule has 1 atom stereocenters. The predicted octanol–water partition coefficient (Wildman–Crippen LogP) is 0.593. The van der Waals surface area contributed by atoms with Crippen molar-refractivity contribution in [3.63, 3.8) is 0 Å². The number of alkyl halides is 3. The summed E-state index contributed by atoms with van der Waals surface area (Å²) in [7, 11) is 0. The summed E-state index contributed by atoms with van der Waals surface area (Å²) in [5.41, 5.74) is -0.336. The highest BCUT2D eigenvalue weighted by Gasteiger charge is 2.39. The van der Waals surface area contributed by atoms with Gasteiger partial charge in [0.05, 0.1) is 13.2 Å². The minimum atomic E-state index is -4.21. The van der Waals surface area contributed by atoms with Crippen LogP contribution in [0.5, 0.6) is 0 Å². The largest absolute Gasteiger partial charge is 0.401 e. The number of aliphatic hydroxyl groups is 1. The van der Waals surface area contributed by atoms with Gasteiger partial charge in [-0.2, -0.15) is 13.2 Å². The molecule has 15 heavy (non-hydrogen) atoms. The summed E-state index contributed by atoms with van der Waals surface area (Å²) in [4.78, 5) is 1.29. The van der Waals surface area contributed by atoms with Crippen molar-refractivity contribution in [2.45, 2.75) is 31.6 Å². The van der Waals surface area contributed by atoms with Crippen LogP contribution >= 0.6 is 0 Å². The molecule has 1 heterocycles. The fourth-order valence-corrected chi connectivity index (χ4v) is 1.81. The minimum Gasteiger partial charge on any atom is -0.395 e. The van der Waals surface area contributed by atoms with Gasteiger partial charge in [0.15, 0.2) is 0 Å². The van der Waals surface area contributed by atoms with Crippen LogP contribution in [0.1, 0.15) is 13.8 Å². The predicted molar refractivity (Wildman–Crippen MR) is 50.6 cm³/mol. The summed E-state index contributed by atoms with van der Waals surface area (Å²) in [6, 6.07) is -0.445. The molecular weight excluding hydrogens is 209 g/mol. The van der Waals surface area contributed by atoms with Crippen LogP contribution in [0.25, 0.3) is 0 Å². The molecule has 0 aromatic rings. The van der Waals surface area contributed by atoms with Crippen molar-refractivity contribution in [2.75, 3.05) is 26.2 Å². The lowest BCUT2D eigenvalue weighted by molar-refractivity contribution is -0.157. The molecule has 1 aliphatic heterocycles. The molecule has 0 aromatic carbocycles. The lowest BCUT2D eigenvalue weighted by atomic mass is 9.99. The third-order valence-corrected chi connectivity index (χ3v) is 2.52. The van der Waals surface area contributed by atoms with Crippen LogP contribution < -0.4 is 5.32 Å². The normalized spacial score (nSPS) is 28.0. The van der Waals surface area contributed by atoms with E-state index in [2.05, 4.69) is 5.32 Å². The number of rotatable bonds is 2. The number of halogens is 3. The van der Waals surface area contributed by atoms with Crippen LogP contribution in [0, 0.1) is 0 Å². The Morgan fingerprint density at radius 1 is 1.47 bits per heavy atom. The summed E-state index contributed by atoms with van der Waals surface area (Å²) in [5.74, 6) is 0. The van der Waals surface area contributed by atoms with Gasteiger partial charge in [0.2, 0.25) is 0 Å². The van der Waals surface area contributed by atoms with Crippen LogP contribution in [0.4, 0.5) is 13.2 Å². The van der Waals surface area contributed by atoms with Gasteiger partial charge in [-0.05, 0) is 13.8 Å². The molecule has 0 aliphatic carbocycles. The highest BCUT2D eigenvalue weighted by Crippen LogP contribution is 2.22. The van der Waals surface area contributed by atoms with Gasteiger partial charge in [-0.15, -0.1) is 0 Å². The van der Waals surface area contributed by atoms with Crippen LogP contribution in [0.2, 0.25) is 0 Å².